The summed E-state index contributed by atoms with van der Waals surface area (Å²) in [5.41, 5.74) is 1.84. The molecule has 2 fully saturated rings. The Bertz CT molecular complexity index is 729. The summed E-state index contributed by atoms with van der Waals surface area (Å²) in [6.07, 6.45) is 7.58. The quantitative estimate of drug-likeness (QED) is 0.346. The molecule has 0 spiro atoms. The highest BCUT2D eigenvalue weighted by Crippen LogP contribution is 2.39. The molecule has 1 N–H and O–H groups in total. The fourth-order valence-electron chi connectivity index (χ4n) is 4.82. The summed E-state index contributed by atoms with van der Waals surface area (Å²) in [5, 5.41) is 10.7. The minimum absolute atomic E-state index is 0.103. The van der Waals surface area contributed by atoms with Crippen molar-refractivity contribution in [3.05, 3.63) is 35.5 Å². The molecule has 4 rings (SSSR count). The normalized spacial score (nSPS) is 36.7. The van der Waals surface area contributed by atoms with Crippen molar-refractivity contribution in [3.63, 3.8) is 0 Å². The third-order valence-electron chi connectivity index (χ3n) is 6.33. The predicted molar refractivity (Wildman–Crippen MR) is 101 cm³/mol. The predicted octanol–water partition coefficient (Wildman–Crippen LogP) is 2.96. The van der Waals surface area contributed by atoms with Gasteiger partial charge < -0.3 is 19.3 Å². The van der Waals surface area contributed by atoms with E-state index in [4.69, 9.17) is 14.2 Å². The standard InChI is InChI=1S/C22H28O6/c1-12-8-16-10-15(22(25)26-16)11-18-19(13(2)20(23)27-18)17(9-12)28-21(24)14-6-4-3-5-7-14/h9-10,14,16-19,21,24H,2-8,11H2,1H3/b12-9+/t16-,17-,18+,19+,21?/m1/s1. The van der Waals surface area contributed by atoms with E-state index < -0.39 is 30.4 Å². The van der Waals surface area contributed by atoms with Gasteiger partial charge >= 0.3 is 11.9 Å². The molecule has 0 aromatic rings. The maximum absolute atomic E-state index is 12.2. The summed E-state index contributed by atoms with van der Waals surface area (Å²) in [5.74, 6) is -1.16. The Hall–Kier alpha value is -1.92. The minimum atomic E-state index is -0.893. The molecule has 0 amide bonds. The fourth-order valence-corrected chi connectivity index (χ4v) is 4.82. The van der Waals surface area contributed by atoms with E-state index in [-0.39, 0.29) is 24.4 Å². The monoisotopic (exact) mass is 388 g/mol. The SMILES string of the molecule is C=C1C(=O)O[C@H]2CC3=C[C@@H](C/C(C)=C/[C@@H](OC(O)C4CCCCC4)[C@H]12)OC3=O. The summed E-state index contributed by atoms with van der Waals surface area (Å²) >= 11 is 0. The highest BCUT2D eigenvalue weighted by Gasteiger charge is 2.46. The van der Waals surface area contributed by atoms with Crippen molar-refractivity contribution in [2.24, 2.45) is 11.8 Å². The summed E-state index contributed by atoms with van der Waals surface area (Å²) < 4.78 is 17.1. The number of aliphatic hydroxyl groups excluding tert-OH is 1. The van der Waals surface area contributed by atoms with Crippen molar-refractivity contribution < 1.29 is 28.9 Å². The van der Waals surface area contributed by atoms with Gasteiger partial charge in [-0.25, -0.2) is 9.59 Å². The second-order valence-electron chi connectivity index (χ2n) is 8.44. The number of hydrogen-bond acceptors (Lipinski definition) is 6. The van der Waals surface area contributed by atoms with E-state index in [0.717, 1.165) is 31.3 Å². The first-order valence-corrected chi connectivity index (χ1v) is 10.2. The van der Waals surface area contributed by atoms with Crippen molar-refractivity contribution in [3.8, 4) is 0 Å². The van der Waals surface area contributed by atoms with E-state index in [0.29, 0.717) is 17.6 Å². The molecular weight excluding hydrogens is 360 g/mol. The minimum Gasteiger partial charge on any atom is -0.458 e. The first kappa shape index (κ1) is 19.4. The topological polar surface area (TPSA) is 82.1 Å². The van der Waals surface area contributed by atoms with Gasteiger partial charge in [-0.05, 0) is 25.8 Å². The lowest BCUT2D eigenvalue weighted by atomic mass is 9.85. The third-order valence-corrected chi connectivity index (χ3v) is 6.33. The van der Waals surface area contributed by atoms with Gasteiger partial charge in [0.2, 0.25) is 0 Å². The summed E-state index contributed by atoms with van der Waals surface area (Å²) in [6, 6.07) is 0. The Balaban J connectivity index is 1.62. The average Bonchev–Trinajstić information content (AvgIpc) is 3.13. The highest BCUT2D eigenvalue weighted by molar-refractivity contribution is 5.93. The van der Waals surface area contributed by atoms with E-state index >= 15 is 0 Å². The molecule has 2 aliphatic heterocycles. The smallest absolute Gasteiger partial charge is 0.334 e. The van der Waals surface area contributed by atoms with Crippen LogP contribution >= 0.6 is 0 Å². The number of rotatable bonds is 3. The van der Waals surface area contributed by atoms with Crippen LogP contribution in [0.25, 0.3) is 0 Å². The molecule has 5 atom stereocenters. The van der Waals surface area contributed by atoms with Gasteiger partial charge in [0, 0.05) is 29.9 Å². The van der Waals surface area contributed by atoms with Crippen LogP contribution in [0.15, 0.2) is 35.5 Å². The van der Waals surface area contributed by atoms with Crippen LogP contribution in [0, 0.1) is 11.8 Å². The number of aliphatic hydroxyl groups is 1. The zero-order valence-corrected chi connectivity index (χ0v) is 16.3. The van der Waals surface area contributed by atoms with E-state index in [1.807, 2.05) is 19.1 Å². The van der Waals surface area contributed by atoms with Gasteiger partial charge in [-0.2, -0.15) is 0 Å². The number of hydrogen-bond donors (Lipinski definition) is 1. The Morgan fingerprint density at radius 1 is 1.11 bits per heavy atom. The molecule has 28 heavy (non-hydrogen) atoms. The molecule has 2 aliphatic carbocycles. The van der Waals surface area contributed by atoms with Gasteiger partial charge in [0.1, 0.15) is 12.2 Å². The maximum atomic E-state index is 12.2. The van der Waals surface area contributed by atoms with Gasteiger partial charge in [0.05, 0.1) is 12.0 Å². The van der Waals surface area contributed by atoms with Crippen LogP contribution in [0.2, 0.25) is 0 Å². The molecule has 0 aromatic heterocycles. The Morgan fingerprint density at radius 2 is 1.86 bits per heavy atom. The van der Waals surface area contributed by atoms with Gasteiger partial charge in [-0.1, -0.05) is 37.5 Å². The first-order chi connectivity index (χ1) is 13.4. The molecule has 0 aromatic carbocycles. The van der Waals surface area contributed by atoms with Crippen molar-refractivity contribution in [2.75, 3.05) is 0 Å². The first-order valence-electron chi connectivity index (χ1n) is 10.2. The highest BCUT2D eigenvalue weighted by atomic mass is 16.6. The molecule has 1 saturated heterocycles. The fraction of sp³-hybridized carbons (Fsp3) is 0.636. The van der Waals surface area contributed by atoms with Crippen molar-refractivity contribution in [1.82, 2.24) is 0 Å². The lowest BCUT2D eigenvalue weighted by molar-refractivity contribution is -0.172. The van der Waals surface area contributed by atoms with Crippen LogP contribution in [-0.4, -0.2) is 41.6 Å². The third kappa shape index (κ3) is 3.80. The Labute approximate surface area is 165 Å². The number of esters is 2. The molecular formula is C22H28O6. The Kier molecular flexibility index (Phi) is 5.43. The van der Waals surface area contributed by atoms with Gasteiger partial charge in [-0.15, -0.1) is 0 Å². The van der Waals surface area contributed by atoms with Crippen molar-refractivity contribution in [1.29, 1.82) is 0 Å². The second kappa shape index (κ2) is 7.84. The van der Waals surface area contributed by atoms with Crippen LogP contribution < -0.4 is 0 Å². The summed E-state index contributed by atoms with van der Waals surface area (Å²) in [7, 11) is 0. The summed E-state index contributed by atoms with van der Waals surface area (Å²) in [6.45, 7) is 5.86. The Morgan fingerprint density at radius 3 is 2.61 bits per heavy atom. The zero-order chi connectivity index (χ0) is 19.8. The number of fused-ring (bicyclic) bond motifs is 2. The molecule has 0 radical (unpaired) electrons. The lowest BCUT2D eigenvalue weighted by Crippen LogP contribution is -2.37. The molecule has 2 heterocycles. The molecule has 6 heteroatoms. The summed E-state index contributed by atoms with van der Waals surface area (Å²) in [4.78, 5) is 24.4. The zero-order valence-electron chi connectivity index (χ0n) is 16.3. The molecule has 6 nitrogen and oxygen atoms in total. The van der Waals surface area contributed by atoms with Crippen LogP contribution in [0.1, 0.15) is 51.9 Å². The van der Waals surface area contributed by atoms with E-state index in [1.165, 1.54) is 6.42 Å². The van der Waals surface area contributed by atoms with E-state index in [1.54, 1.807) is 0 Å². The number of carbonyl (C=O) groups is 2. The van der Waals surface area contributed by atoms with Crippen LogP contribution in [0.5, 0.6) is 0 Å². The molecule has 2 bridgehead atoms. The van der Waals surface area contributed by atoms with E-state index in [2.05, 4.69) is 6.58 Å². The van der Waals surface area contributed by atoms with Crippen molar-refractivity contribution >= 4 is 11.9 Å². The lowest BCUT2D eigenvalue weighted by Gasteiger charge is -2.32. The van der Waals surface area contributed by atoms with Gasteiger partial charge in [0.25, 0.3) is 0 Å². The average molecular weight is 388 g/mol. The maximum Gasteiger partial charge on any atom is 0.334 e. The van der Waals surface area contributed by atoms with Crippen LogP contribution in [-0.2, 0) is 23.8 Å². The molecule has 4 aliphatic rings. The number of carbonyl (C=O) groups excluding carboxylic acids is 2. The van der Waals surface area contributed by atoms with Crippen LogP contribution in [0.4, 0.5) is 0 Å². The molecule has 152 valence electrons. The van der Waals surface area contributed by atoms with E-state index in [9.17, 15) is 14.7 Å². The van der Waals surface area contributed by atoms with Gasteiger partial charge in [-0.3, -0.25) is 0 Å². The largest absolute Gasteiger partial charge is 0.458 e. The molecule has 1 saturated carbocycles. The second-order valence-corrected chi connectivity index (χ2v) is 8.44. The molecule has 1 unspecified atom stereocenters. The van der Waals surface area contributed by atoms with Crippen LogP contribution in [0.3, 0.4) is 0 Å². The van der Waals surface area contributed by atoms with Gasteiger partial charge in [0.15, 0.2) is 6.29 Å². The number of ether oxygens (including phenoxy) is 3. The van der Waals surface area contributed by atoms with Crippen molar-refractivity contribution in [2.45, 2.75) is 76.5 Å².